The SMILES string of the molecule is CNc1cc(S(=O)(=O)N(C)CC(C)(C)C)ccc1[N+](=O)[O-]. The summed E-state index contributed by atoms with van der Waals surface area (Å²) in [5.74, 6) is 0. The topological polar surface area (TPSA) is 92.6 Å². The average molecular weight is 315 g/mol. The molecular weight excluding hydrogens is 294 g/mol. The van der Waals surface area contributed by atoms with Gasteiger partial charge in [0.05, 0.1) is 9.82 Å². The van der Waals surface area contributed by atoms with Crippen LogP contribution >= 0.6 is 0 Å². The Morgan fingerprint density at radius 2 is 1.90 bits per heavy atom. The van der Waals surface area contributed by atoms with Gasteiger partial charge in [0.2, 0.25) is 10.0 Å². The van der Waals surface area contributed by atoms with Crippen molar-refractivity contribution in [2.45, 2.75) is 25.7 Å². The smallest absolute Gasteiger partial charge is 0.292 e. The second kappa shape index (κ2) is 5.98. The zero-order valence-corrected chi connectivity index (χ0v) is 13.7. The average Bonchev–Trinajstić information content (AvgIpc) is 2.35. The van der Waals surface area contributed by atoms with E-state index in [1.165, 1.54) is 36.6 Å². The third kappa shape index (κ3) is 4.15. The van der Waals surface area contributed by atoms with Crippen LogP contribution in [0.2, 0.25) is 0 Å². The van der Waals surface area contributed by atoms with Gasteiger partial charge in [0.15, 0.2) is 0 Å². The maximum Gasteiger partial charge on any atom is 0.292 e. The molecule has 0 saturated heterocycles. The van der Waals surface area contributed by atoms with E-state index in [1.807, 2.05) is 20.8 Å². The Kier molecular flexibility index (Phi) is 4.95. The zero-order chi connectivity index (χ0) is 16.4. The number of nitrogens with one attached hydrogen (secondary N) is 1. The van der Waals surface area contributed by atoms with Crippen LogP contribution in [0.4, 0.5) is 11.4 Å². The first kappa shape index (κ1) is 17.4. The molecule has 0 atom stereocenters. The number of nitro benzene ring substituents is 1. The molecule has 0 aromatic heterocycles. The van der Waals surface area contributed by atoms with Gasteiger partial charge in [0, 0.05) is 26.7 Å². The molecule has 7 nitrogen and oxygen atoms in total. The van der Waals surface area contributed by atoms with Gasteiger partial charge in [0.1, 0.15) is 5.69 Å². The van der Waals surface area contributed by atoms with Gasteiger partial charge >= 0.3 is 0 Å². The minimum absolute atomic E-state index is 0.0317. The lowest BCUT2D eigenvalue weighted by atomic mass is 9.97. The minimum atomic E-state index is -3.68. The monoisotopic (exact) mass is 315 g/mol. The Hall–Kier alpha value is -1.67. The van der Waals surface area contributed by atoms with Crippen LogP contribution in [0.5, 0.6) is 0 Å². The molecule has 0 spiro atoms. The highest BCUT2D eigenvalue weighted by Gasteiger charge is 2.27. The van der Waals surface area contributed by atoms with Gasteiger partial charge in [-0.05, 0) is 17.5 Å². The molecular formula is C13H21N3O4S. The Morgan fingerprint density at radius 1 is 1.33 bits per heavy atom. The van der Waals surface area contributed by atoms with Crippen LogP contribution in [0, 0.1) is 15.5 Å². The van der Waals surface area contributed by atoms with Crippen molar-refractivity contribution in [1.29, 1.82) is 0 Å². The van der Waals surface area contributed by atoms with Crippen molar-refractivity contribution in [2.75, 3.05) is 26.0 Å². The maximum absolute atomic E-state index is 12.5. The maximum atomic E-state index is 12.5. The van der Waals surface area contributed by atoms with Gasteiger partial charge in [-0.25, -0.2) is 12.7 Å². The summed E-state index contributed by atoms with van der Waals surface area (Å²) in [6.45, 7) is 6.16. The zero-order valence-electron chi connectivity index (χ0n) is 12.9. The van der Waals surface area contributed by atoms with E-state index in [0.717, 1.165) is 0 Å². The van der Waals surface area contributed by atoms with E-state index in [1.54, 1.807) is 0 Å². The molecule has 118 valence electrons. The Balaban J connectivity index is 3.24. The summed E-state index contributed by atoms with van der Waals surface area (Å²) in [4.78, 5) is 10.3. The van der Waals surface area contributed by atoms with Crippen LogP contribution < -0.4 is 5.32 Å². The molecule has 1 rings (SSSR count). The molecule has 0 amide bonds. The van der Waals surface area contributed by atoms with E-state index < -0.39 is 14.9 Å². The van der Waals surface area contributed by atoms with Crippen molar-refractivity contribution in [1.82, 2.24) is 4.31 Å². The first-order chi connectivity index (χ1) is 9.49. The van der Waals surface area contributed by atoms with Crippen molar-refractivity contribution in [3.63, 3.8) is 0 Å². The quantitative estimate of drug-likeness (QED) is 0.665. The molecule has 0 heterocycles. The molecule has 1 aromatic rings. The van der Waals surface area contributed by atoms with Crippen molar-refractivity contribution in [2.24, 2.45) is 5.41 Å². The molecule has 1 N–H and O–H groups in total. The second-order valence-corrected chi connectivity index (χ2v) is 8.05. The summed E-state index contributed by atoms with van der Waals surface area (Å²) in [5.41, 5.74) is -0.172. The fourth-order valence-corrected chi connectivity index (χ4v) is 3.39. The fraction of sp³-hybridized carbons (Fsp3) is 0.538. The molecule has 0 radical (unpaired) electrons. The van der Waals surface area contributed by atoms with Crippen LogP contribution in [0.1, 0.15) is 20.8 Å². The highest BCUT2D eigenvalue weighted by Crippen LogP contribution is 2.29. The molecule has 0 unspecified atom stereocenters. The second-order valence-electron chi connectivity index (χ2n) is 6.01. The van der Waals surface area contributed by atoms with Gasteiger partial charge in [-0.2, -0.15) is 0 Å². The lowest BCUT2D eigenvalue weighted by molar-refractivity contribution is -0.384. The predicted octanol–water partition coefficient (Wildman–Crippen LogP) is 2.30. The van der Waals surface area contributed by atoms with E-state index in [9.17, 15) is 18.5 Å². The molecule has 0 bridgehead atoms. The van der Waals surface area contributed by atoms with Gasteiger partial charge in [0.25, 0.3) is 5.69 Å². The van der Waals surface area contributed by atoms with Crippen LogP contribution in [0.15, 0.2) is 23.1 Å². The molecule has 0 fully saturated rings. The van der Waals surface area contributed by atoms with Gasteiger partial charge in [-0.3, -0.25) is 10.1 Å². The van der Waals surface area contributed by atoms with Crippen LogP contribution in [-0.2, 0) is 10.0 Å². The van der Waals surface area contributed by atoms with Crippen molar-refractivity contribution < 1.29 is 13.3 Å². The normalized spacial score (nSPS) is 12.5. The molecule has 0 aliphatic carbocycles. The molecule has 1 aromatic carbocycles. The molecule has 8 heteroatoms. The van der Waals surface area contributed by atoms with E-state index in [-0.39, 0.29) is 21.7 Å². The van der Waals surface area contributed by atoms with Crippen LogP contribution in [0.25, 0.3) is 0 Å². The van der Waals surface area contributed by atoms with E-state index in [4.69, 9.17) is 0 Å². The largest absolute Gasteiger partial charge is 0.383 e. The highest BCUT2D eigenvalue weighted by molar-refractivity contribution is 7.89. The van der Waals surface area contributed by atoms with Crippen LogP contribution in [-0.4, -0.2) is 38.3 Å². The van der Waals surface area contributed by atoms with E-state index in [0.29, 0.717) is 6.54 Å². The van der Waals surface area contributed by atoms with E-state index >= 15 is 0 Å². The Morgan fingerprint density at radius 3 is 2.33 bits per heavy atom. The first-order valence-electron chi connectivity index (χ1n) is 6.41. The summed E-state index contributed by atoms with van der Waals surface area (Å²) in [6, 6.07) is 3.74. The summed E-state index contributed by atoms with van der Waals surface area (Å²) in [6.07, 6.45) is 0. The lowest BCUT2D eigenvalue weighted by Crippen LogP contribution is -2.34. The third-order valence-electron chi connectivity index (χ3n) is 2.84. The number of sulfonamides is 1. The molecule has 0 saturated carbocycles. The number of hydrogen-bond acceptors (Lipinski definition) is 5. The third-order valence-corrected chi connectivity index (χ3v) is 4.64. The highest BCUT2D eigenvalue weighted by atomic mass is 32.2. The number of nitrogens with zero attached hydrogens (tertiary/aromatic N) is 2. The molecule has 0 aliphatic rings. The first-order valence-corrected chi connectivity index (χ1v) is 7.85. The van der Waals surface area contributed by atoms with Gasteiger partial charge in [-0.1, -0.05) is 20.8 Å². The number of nitro groups is 1. The van der Waals surface area contributed by atoms with Crippen molar-refractivity contribution in [3.8, 4) is 0 Å². The summed E-state index contributed by atoms with van der Waals surface area (Å²) in [7, 11) is -0.664. The Labute approximate surface area is 125 Å². The number of rotatable bonds is 5. The predicted molar refractivity (Wildman–Crippen MR) is 81.9 cm³/mol. The lowest BCUT2D eigenvalue weighted by Gasteiger charge is -2.26. The Bertz CT molecular complexity index is 635. The summed E-state index contributed by atoms with van der Waals surface area (Å²) in [5, 5.41) is 13.5. The summed E-state index contributed by atoms with van der Waals surface area (Å²) < 4.78 is 26.2. The van der Waals surface area contributed by atoms with Crippen molar-refractivity contribution in [3.05, 3.63) is 28.3 Å². The standard InChI is InChI=1S/C13H21N3O4S/c1-13(2,3)9-15(5)21(19,20)10-6-7-12(16(17)18)11(8-10)14-4/h6-8,14H,9H2,1-5H3. The van der Waals surface area contributed by atoms with Gasteiger partial charge < -0.3 is 5.32 Å². The minimum Gasteiger partial charge on any atom is -0.383 e. The number of hydrogen-bond donors (Lipinski definition) is 1. The fourth-order valence-electron chi connectivity index (χ4n) is 1.97. The number of benzene rings is 1. The van der Waals surface area contributed by atoms with Crippen LogP contribution in [0.3, 0.4) is 0 Å². The molecule has 0 aliphatic heterocycles. The van der Waals surface area contributed by atoms with E-state index in [2.05, 4.69) is 5.32 Å². The van der Waals surface area contributed by atoms with Gasteiger partial charge in [-0.15, -0.1) is 0 Å². The van der Waals surface area contributed by atoms with Crippen molar-refractivity contribution >= 4 is 21.4 Å². The molecule has 21 heavy (non-hydrogen) atoms. The summed E-state index contributed by atoms with van der Waals surface area (Å²) >= 11 is 0. The number of anilines is 1.